The minimum atomic E-state index is -4.02. The first-order valence-electron chi connectivity index (χ1n) is 9.77. The molecule has 32 heavy (non-hydrogen) atoms. The maximum atomic E-state index is 13.0. The lowest BCUT2D eigenvalue weighted by Gasteiger charge is -2.17. The zero-order chi connectivity index (χ0) is 22.7. The van der Waals surface area contributed by atoms with Crippen molar-refractivity contribution in [3.05, 3.63) is 89.7 Å². The van der Waals surface area contributed by atoms with E-state index < -0.39 is 28.4 Å². The number of esters is 1. The van der Waals surface area contributed by atoms with Crippen LogP contribution in [0.15, 0.2) is 77.7 Å². The quantitative estimate of drug-likeness (QED) is 0.577. The summed E-state index contributed by atoms with van der Waals surface area (Å²) in [5.41, 5.74) is 2.02. The number of fused-ring (bicyclic) bond motifs is 1. The number of carbonyl (C=O) groups is 2. The Morgan fingerprint density at radius 3 is 2.53 bits per heavy atom. The van der Waals surface area contributed by atoms with Crippen molar-refractivity contribution >= 4 is 33.3 Å². The van der Waals surface area contributed by atoms with E-state index in [1.165, 1.54) is 30.3 Å². The second kappa shape index (κ2) is 8.80. The van der Waals surface area contributed by atoms with Gasteiger partial charge >= 0.3 is 5.97 Å². The molecule has 0 saturated heterocycles. The minimum absolute atomic E-state index is 0.0124. The maximum absolute atomic E-state index is 13.0. The maximum Gasteiger partial charge on any atom is 0.338 e. The number of ether oxygens (including phenoxy) is 1. The van der Waals surface area contributed by atoms with Crippen molar-refractivity contribution in [2.24, 2.45) is 0 Å². The van der Waals surface area contributed by atoms with E-state index in [-0.39, 0.29) is 22.1 Å². The van der Waals surface area contributed by atoms with Crippen molar-refractivity contribution in [2.45, 2.75) is 11.3 Å². The molecule has 0 atom stereocenters. The Kier molecular flexibility index (Phi) is 5.91. The Hall–Kier alpha value is -3.72. The van der Waals surface area contributed by atoms with Crippen molar-refractivity contribution in [3.8, 4) is 0 Å². The number of sulfonamides is 1. The second-order valence-electron chi connectivity index (χ2n) is 7.14. The predicted octanol–water partition coefficient (Wildman–Crippen LogP) is 3.37. The molecule has 1 N–H and O–H groups in total. The van der Waals surface area contributed by atoms with E-state index in [0.29, 0.717) is 6.54 Å². The van der Waals surface area contributed by atoms with Gasteiger partial charge in [0.05, 0.1) is 10.5 Å². The van der Waals surface area contributed by atoms with E-state index in [1.807, 2.05) is 24.3 Å². The molecule has 0 bridgehead atoms. The molecule has 4 rings (SSSR count). The predicted molar refractivity (Wildman–Crippen MR) is 116 cm³/mol. The number of carbonyl (C=O) groups excluding carboxylic acids is 2. The summed E-state index contributed by atoms with van der Waals surface area (Å²) in [5.74, 6) is -1.67. The first kappa shape index (κ1) is 21.5. The van der Waals surface area contributed by atoms with Gasteiger partial charge in [0.1, 0.15) is 5.82 Å². The van der Waals surface area contributed by atoms with E-state index in [9.17, 15) is 22.4 Å². The monoisotopic (exact) mass is 454 g/mol. The highest BCUT2D eigenvalue weighted by Gasteiger charge is 2.25. The lowest BCUT2D eigenvalue weighted by atomic mass is 10.2. The molecule has 0 aliphatic carbocycles. The highest BCUT2D eigenvalue weighted by Crippen LogP contribution is 2.27. The van der Waals surface area contributed by atoms with Gasteiger partial charge in [0.2, 0.25) is 0 Å². The molecular weight excluding hydrogens is 435 g/mol. The lowest BCUT2D eigenvalue weighted by molar-refractivity contribution is -0.121. The van der Waals surface area contributed by atoms with E-state index >= 15 is 0 Å². The summed E-state index contributed by atoms with van der Waals surface area (Å²) in [7, 11) is -4.02. The number of halogens is 1. The van der Waals surface area contributed by atoms with Gasteiger partial charge < -0.3 is 9.64 Å². The third-order valence-electron chi connectivity index (χ3n) is 4.99. The summed E-state index contributed by atoms with van der Waals surface area (Å²) >= 11 is 0. The minimum Gasteiger partial charge on any atom is -0.452 e. The van der Waals surface area contributed by atoms with Crippen LogP contribution in [0.25, 0.3) is 0 Å². The number of nitrogens with one attached hydrogen (secondary N) is 1. The van der Waals surface area contributed by atoms with Crippen LogP contribution in [0.3, 0.4) is 0 Å². The number of para-hydroxylation sites is 1. The molecule has 0 fully saturated rings. The average Bonchev–Trinajstić information content (AvgIpc) is 3.23. The first-order chi connectivity index (χ1) is 15.3. The summed E-state index contributed by atoms with van der Waals surface area (Å²) in [6.07, 6.45) is 0.733. The fourth-order valence-corrected chi connectivity index (χ4v) is 4.51. The number of rotatable bonds is 6. The summed E-state index contributed by atoms with van der Waals surface area (Å²) < 4.78 is 45.7. The molecule has 1 aliphatic rings. The van der Waals surface area contributed by atoms with E-state index in [0.717, 1.165) is 35.9 Å². The molecule has 3 aromatic carbocycles. The normalized spacial score (nSPS) is 12.8. The smallest absolute Gasteiger partial charge is 0.338 e. The molecule has 1 heterocycles. The van der Waals surface area contributed by atoms with Crippen molar-refractivity contribution in [2.75, 3.05) is 22.8 Å². The van der Waals surface area contributed by atoms with Gasteiger partial charge in [-0.05, 0) is 60.5 Å². The van der Waals surface area contributed by atoms with Crippen LogP contribution in [-0.4, -0.2) is 33.4 Å². The van der Waals surface area contributed by atoms with E-state index in [2.05, 4.69) is 4.72 Å². The molecule has 0 aromatic heterocycles. The molecule has 0 unspecified atom stereocenters. The zero-order valence-corrected chi connectivity index (χ0v) is 17.6. The van der Waals surface area contributed by atoms with Gasteiger partial charge in [-0.1, -0.05) is 24.3 Å². The Morgan fingerprint density at radius 2 is 1.75 bits per heavy atom. The number of nitrogens with zero attached hydrogens (tertiary/aromatic N) is 1. The standard InChI is InChI=1S/C23H19FN2O5S/c24-18-8-10-19(11-9-18)25-32(29,30)20-6-3-5-17(14-20)23(28)31-15-22(27)26-13-12-16-4-1-2-7-21(16)26/h1-11,14,25H,12-13,15H2. The van der Waals surface area contributed by atoms with Crippen LogP contribution in [0.5, 0.6) is 0 Å². The number of benzene rings is 3. The topological polar surface area (TPSA) is 92.8 Å². The average molecular weight is 454 g/mol. The largest absolute Gasteiger partial charge is 0.452 e. The van der Waals surface area contributed by atoms with Gasteiger partial charge in [0, 0.05) is 17.9 Å². The van der Waals surface area contributed by atoms with Crippen molar-refractivity contribution in [1.29, 1.82) is 0 Å². The van der Waals surface area contributed by atoms with Gasteiger partial charge in [0.25, 0.3) is 15.9 Å². The number of anilines is 2. The number of hydrogen-bond donors (Lipinski definition) is 1. The second-order valence-corrected chi connectivity index (χ2v) is 8.82. The highest BCUT2D eigenvalue weighted by atomic mass is 32.2. The van der Waals surface area contributed by atoms with Crippen LogP contribution in [0.2, 0.25) is 0 Å². The van der Waals surface area contributed by atoms with Gasteiger partial charge in [-0.15, -0.1) is 0 Å². The Balaban J connectivity index is 1.42. The fourth-order valence-electron chi connectivity index (χ4n) is 3.41. The Bertz CT molecular complexity index is 1280. The number of hydrogen-bond acceptors (Lipinski definition) is 5. The molecule has 0 spiro atoms. The summed E-state index contributed by atoms with van der Waals surface area (Å²) in [4.78, 5) is 26.3. The van der Waals surface area contributed by atoms with Gasteiger partial charge in [-0.25, -0.2) is 17.6 Å². The molecule has 1 aliphatic heterocycles. The molecule has 0 saturated carbocycles. The van der Waals surface area contributed by atoms with E-state index in [4.69, 9.17) is 4.74 Å². The fraction of sp³-hybridized carbons (Fsp3) is 0.130. The molecule has 1 amide bonds. The van der Waals surface area contributed by atoms with Crippen LogP contribution in [-0.2, 0) is 26.0 Å². The van der Waals surface area contributed by atoms with Gasteiger partial charge in [-0.3, -0.25) is 9.52 Å². The van der Waals surface area contributed by atoms with Crippen molar-refractivity contribution in [1.82, 2.24) is 0 Å². The summed E-state index contributed by atoms with van der Waals surface area (Å²) in [6.45, 7) is 0.0521. The zero-order valence-electron chi connectivity index (χ0n) is 16.8. The third-order valence-corrected chi connectivity index (χ3v) is 6.37. The number of amides is 1. The summed E-state index contributed by atoms with van der Waals surface area (Å²) in [6, 6.07) is 17.6. The van der Waals surface area contributed by atoms with Crippen LogP contribution in [0, 0.1) is 5.82 Å². The lowest BCUT2D eigenvalue weighted by Crippen LogP contribution is -2.33. The Labute approximate surface area is 184 Å². The highest BCUT2D eigenvalue weighted by molar-refractivity contribution is 7.92. The van der Waals surface area contributed by atoms with Crippen molar-refractivity contribution in [3.63, 3.8) is 0 Å². The third kappa shape index (κ3) is 4.62. The van der Waals surface area contributed by atoms with Crippen molar-refractivity contribution < 1.29 is 27.1 Å². The van der Waals surface area contributed by atoms with E-state index in [1.54, 1.807) is 4.90 Å². The molecule has 0 radical (unpaired) electrons. The molecular formula is C23H19FN2O5S. The molecule has 9 heteroatoms. The Morgan fingerprint density at radius 1 is 1.00 bits per heavy atom. The van der Waals surface area contributed by atoms with Crippen LogP contribution in [0.4, 0.5) is 15.8 Å². The van der Waals surface area contributed by atoms with Crippen LogP contribution in [0.1, 0.15) is 15.9 Å². The SMILES string of the molecule is O=C(OCC(=O)N1CCc2ccccc21)c1cccc(S(=O)(=O)Nc2ccc(F)cc2)c1. The molecule has 3 aromatic rings. The van der Waals surface area contributed by atoms with Crippen LogP contribution >= 0.6 is 0 Å². The first-order valence-corrected chi connectivity index (χ1v) is 11.3. The van der Waals surface area contributed by atoms with Gasteiger partial charge in [0.15, 0.2) is 6.61 Å². The van der Waals surface area contributed by atoms with Crippen LogP contribution < -0.4 is 9.62 Å². The summed E-state index contributed by atoms with van der Waals surface area (Å²) in [5, 5.41) is 0. The molecule has 164 valence electrons. The molecule has 7 nitrogen and oxygen atoms in total. The van der Waals surface area contributed by atoms with Gasteiger partial charge in [-0.2, -0.15) is 0 Å².